The summed E-state index contributed by atoms with van der Waals surface area (Å²) in [5.74, 6) is -1.39. The number of amides is 2. The van der Waals surface area contributed by atoms with Gasteiger partial charge in [-0.2, -0.15) is 0 Å². The number of halogens is 1. The molecular weight excluding hydrogens is 263 g/mol. The average Bonchev–Trinajstić information content (AvgIpc) is 2.37. The smallest absolute Gasteiger partial charge is 0.324 e. The summed E-state index contributed by atoms with van der Waals surface area (Å²) in [6, 6.07) is 5.20. The Balaban J connectivity index is 2.85. The second-order valence-corrected chi connectivity index (χ2v) is 4.75. The van der Waals surface area contributed by atoms with E-state index in [0.717, 1.165) is 0 Å². The number of urea groups is 1. The fourth-order valence-corrected chi connectivity index (χ4v) is 1.78. The molecule has 0 spiro atoms. The van der Waals surface area contributed by atoms with Gasteiger partial charge in [-0.25, -0.2) is 9.18 Å². The Kier molecular flexibility index (Phi) is 5.49. The van der Waals surface area contributed by atoms with Gasteiger partial charge in [0.15, 0.2) is 0 Å². The Labute approximate surface area is 117 Å². The van der Waals surface area contributed by atoms with Gasteiger partial charge in [0.1, 0.15) is 5.82 Å². The minimum absolute atomic E-state index is 0.117. The van der Waals surface area contributed by atoms with E-state index in [1.165, 1.54) is 35.0 Å². The highest BCUT2D eigenvalue weighted by atomic mass is 19.1. The zero-order valence-corrected chi connectivity index (χ0v) is 11.8. The normalized spacial score (nSPS) is 10.4. The summed E-state index contributed by atoms with van der Waals surface area (Å²) in [6.07, 6.45) is -0.124. The van der Waals surface area contributed by atoms with Gasteiger partial charge in [0.25, 0.3) is 0 Å². The Morgan fingerprint density at radius 1 is 1.35 bits per heavy atom. The van der Waals surface area contributed by atoms with E-state index in [0.29, 0.717) is 5.69 Å². The molecule has 0 saturated carbocycles. The molecule has 2 amide bonds. The van der Waals surface area contributed by atoms with Gasteiger partial charge in [0.05, 0.1) is 6.42 Å². The van der Waals surface area contributed by atoms with E-state index in [2.05, 4.69) is 0 Å². The molecule has 0 bridgehead atoms. The van der Waals surface area contributed by atoms with E-state index in [1.54, 1.807) is 19.9 Å². The van der Waals surface area contributed by atoms with Crippen LogP contribution in [0.2, 0.25) is 0 Å². The summed E-state index contributed by atoms with van der Waals surface area (Å²) in [6.45, 7) is 3.73. The van der Waals surface area contributed by atoms with Crippen LogP contribution in [0, 0.1) is 5.82 Å². The van der Waals surface area contributed by atoms with Crippen LogP contribution in [0.25, 0.3) is 0 Å². The van der Waals surface area contributed by atoms with Crippen molar-refractivity contribution >= 4 is 17.7 Å². The van der Waals surface area contributed by atoms with Crippen molar-refractivity contribution in [2.24, 2.45) is 0 Å². The first-order chi connectivity index (χ1) is 9.32. The van der Waals surface area contributed by atoms with Crippen LogP contribution >= 0.6 is 0 Å². The van der Waals surface area contributed by atoms with Gasteiger partial charge in [-0.3, -0.25) is 9.69 Å². The van der Waals surface area contributed by atoms with E-state index < -0.39 is 11.8 Å². The molecule has 0 aromatic heterocycles. The van der Waals surface area contributed by atoms with E-state index >= 15 is 0 Å². The summed E-state index contributed by atoms with van der Waals surface area (Å²) in [5.41, 5.74) is 0.427. The molecule has 0 saturated heterocycles. The molecule has 0 unspecified atom stereocenters. The molecule has 0 heterocycles. The van der Waals surface area contributed by atoms with Crippen molar-refractivity contribution in [1.29, 1.82) is 0 Å². The van der Waals surface area contributed by atoms with Crippen LogP contribution in [-0.4, -0.2) is 41.6 Å². The standard InChI is InChI=1S/C14H19FN2O3/c1-10(2)17(8-7-13(18)19)14(20)16(3)12-6-4-5-11(15)9-12/h4-6,9-10H,7-8H2,1-3H3,(H,18,19). The first kappa shape index (κ1) is 15.9. The molecule has 1 aromatic carbocycles. The van der Waals surface area contributed by atoms with Crippen LogP contribution in [0.3, 0.4) is 0 Å². The predicted octanol–water partition coefficient (Wildman–Crippen LogP) is 2.57. The molecule has 20 heavy (non-hydrogen) atoms. The number of carbonyl (C=O) groups is 2. The number of hydrogen-bond acceptors (Lipinski definition) is 2. The zero-order chi connectivity index (χ0) is 15.3. The van der Waals surface area contributed by atoms with Gasteiger partial charge in [0, 0.05) is 25.3 Å². The highest BCUT2D eigenvalue weighted by Gasteiger charge is 2.22. The Morgan fingerprint density at radius 3 is 2.50 bits per heavy atom. The third-order valence-electron chi connectivity index (χ3n) is 2.92. The van der Waals surface area contributed by atoms with Crippen LogP contribution < -0.4 is 4.90 Å². The van der Waals surface area contributed by atoms with Gasteiger partial charge >= 0.3 is 12.0 Å². The maximum Gasteiger partial charge on any atom is 0.324 e. The maximum absolute atomic E-state index is 13.2. The highest BCUT2D eigenvalue weighted by Crippen LogP contribution is 2.16. The third-order valence-corrected chi connectivity index (χ3v) is 2.92. The maximum atomic E-state index is 13.2. The lowest BCUT2D eigenvalue weighted by Crippen LogP contribution is -2.45. The van der Waals surface area contributed by atoms with Crippen molar-refractivity contribution in [1.82, 2.24) is 4.90 Å². The van der Waals surface area contributed by atoms with Crippen LogP contribution in [0.4, 0.5) is 14.9 Å². The first-order valence-corrected chi connectivity index (χ1v) is 6.34. The molecule has 0 aliphatic carbocycles. The van der Waals surface area contributed by atoms with Gasteiger partial charge in [0.2, 0.25) is 0 Å². The van der Waals surface area contributed by atoms with Gasteiger partial charge in [-0.15, -0.1) is 0 Å². The van der Waals surface area contributed by atoms with Crippen molar-refractivity contribution in [3.63, 3.8) is 0 Å². The van der Waals surface area contributed by atoms with Crippen LogP contribution in [0.1, 0.15) is 20.3 Å². The van der Waals surface area contributed by atoms with Gasteiger partial charge in [-0.1, -0.05) is 6.07 Å². The minimum Gasteiger partial charge on any atom is -0.481 e. The Bertz CT molecular complexity index is 491. The monoisotopic (exact) mass is 282 g/mol. The third kappa shape index (κ3) is 4.22. The molecule has 0 aliphatic rings. The first-order valence-electron chi connectivity index (χ1n) is 6.34. The number of nitrogens with zero attached hydrogens (tertiary/aromatic N) is 2. The molecule has 1 N–H and O–H groups in total. The number of anilines is 1. The van der Waals surface area contributed by atoms with Crippen molar-refractivity contribution in [2.75, 3.05) is 18.5 Å². The summed E-state index contributed by atoms with van der Waals surface area (Å²) < 4.78 is 13.2. The van der Waals surface area contributed by atoms with E-state index in [1.807, 2.05) is 0 Å². The second-order valence-electron chi connectivity index (χ2n) is 4.75. The zero-order valence-electron chi connectivity index (χ0n) is 11.8. The number of carboxylic acid groups (broad SMARTS) is 1. The molecule has 1 aromatic rings. The lowest BCUT2D eigenvalue weighted by Gasteiger charge is -2.31. The molecule has 5 nitrogen and oxygen atoms in total. The summed E-state index contributed by atoms with van der Waals surface area (Å²) in [7, 11) is 1.53. The number of benzene rings is 1. The summed E-state index contributed by atoms with van der Waals surface area (Å²) in [4.78, 5) is 25.7. The molecule has 0 fully saturated rings. The fourth-order valence-electron chi connectivity index (χ4n) is 1.78. The Hall–Kier alpha value is -2.11. The number of carbonyl (C=O) groups excluding carboxylic acids is 1. The largest absolute Gasteiger partial charge is 0.481 e. The summed E-state index contributed by atoms with van der Waals surface area (Å²) >= 11 is 0. The van der Waals surface area contributed by atoms with Crippen molar-refractivity contribution in [3.05, 3.63) is 30.1 Å². The molecular formula is C14H19FN2O3. The topological polar surface area (TPSA) is 60.9 Å². The van der Waals surface area contributed by atoms with E-state index in [4.69, 9.17) is 5.11 Å². The predicted molar refractivity (Wildman–Crippen MR) is 74.3 cm³/mol. The van der Waals surface area contributed by atoms with Gasteiger partial charge in [-0.05, 0) is 32.0 Å². The molecule has 6 heteroatoms. The van der Waals surface area contributed by atoms with E-state index in [9.17, 15) is 14.0 Å². The number of hydrogen-bond donors (Lipinski definition) is 1. The SMILES string of the molecule is CC(C)N(CCC(=O)O)C(=O)N(C)c1cccc(F)c1. The highest BCUT2D eigenvalue weighted by molar-refractivity contribution is 5.91. The average molecular weight is 282 g/mol. The minimum atomic E-state index is -0.961. The number of rotatable bonds is 5. The lowest BCUT2D eigenvalue weighted by atomic mass is 10.2. The molecule has 0 radical (unpaired) electrons. The molecule has 0 aliphatic heterocycles. The van der Waals surface area contributed by atoms with Gasteiger partial charge < -0.3 is 10.0 Å². The molecule has 0 atom stereocenters. The van der Waals surface area contributed by atoms with E-state index in [-0.39, 0.29) is 25.0 Å². The second kappa shape index (κ2) is 6.88. The Morgan fingerprint density at radius 2 is 2.00 bits per heavy atom. The van der Waals surface area contributed by atoms with Crippen LogP contribution in [0.5, 0.6) is 0 Å². The van der Waals surface area contributed by atoms with Crippen LogP contribution in [-0.2, 0) is 4.79 Å². The fraction of sp³-hybridized carbons (Fsp3) is 0.429. The van der Waals surface area contributed by atoms with Crippen molar-refractivity contribution < 1.29 is 19.1 Å². The molecule has 1 rings (SSSR count). The number of carboxylic acids is 1. The number of aliphatic carboxylic acids is 1. The molecule has 110 valence electrons. The van der Waals surface area contributed by atoms with Crippen molar-refractivity contribution in [2.45, 2.75) is 26.3 Å². The quantitative estimate of drug-likeness (QED) is 0.903. The summed E-state index contributed by atoms with van der Waals surface area (Å²) in [5, 5.41) is 8.72. The van der Waals surface area contributed by atoms with Crippen molar-refractivity contribution in [3.8, 4) is 0 Å². The lowest BCUT2D eigenvalue weighted by molar-refractivity contribution is -0.137. The van der Waals surface area contributed by atoms with Crippen LogP contribution in [0.15, 0.2) is 24.3 Å².